The van der Waals surface area contributed by atoms with E-state index in [-0.39, 0.29) is 0 Å². The lowest BCUT2D eigenvalue weighted by molar-refractivity contribution is 0.144. The number of hydrogen-bond donors (Lipinski definition) is 1. The Balaban J connectivity index is 1.95. The molecule has 3 nitrogen and oxygen atoms in total. The molecular formula is C13H28N2O. The summed E-state index contributed by atoms with van der Waals surface area (Å²) in [5, 5.41) is 3.53. The molecule has 0 aromatic carbocycles. The molecule has 0 aromatic rings. The number of unbranched alkanes of at least 4 members (excludes halogenated alkanes) is 2. The average molecular weight is 228 g/mol. The van der Waals surface area contributed by atoms with E-state index in [1.807, 2.05) is 0 Å². The highest BCUT2D eigenvalue weighted by Gasteiger charge is 2.27. The molecular weight excluding hydrogens is 200 g/mol. The van der Waals surface area contributed by atoms with Crippen LogP contribution in [0.3, 0.4) is 0 Å². The van der Waals surface area contributed by atoms with Crippen molar-refractivity contribution in [2.24, 2.45) is 0 Å². The molecule has 0 amide bonds. The van der Waals surface area contributed by atoms with Gasteiger partial charge in [-0.15, -0.1) is 0 Å². The molecule has 1 rings (SSSR count). The Bertz CT molecular complexity index is 160. The highest BCUT2D eigenvalue weighted by Crippen LogP contribution is 2.25. The monoisotopic (exact) mass is 228 g/mol. The molecule has 16 heavy (non-hydrogen) atoms. The quantitative estimate of drug-likeness (QED) is 0.546. The van der Waals surface area contributed by atoms with E-state index in [0.29, 0.717) is 0 Å². The lowest BCUT2D eigenvalue weighted by atomic mass is 10.2. The van der Waals surface area contributed by atoms with Crippen LogP contribution < -0.4 is 5.32 Å². The predicted molar refractivity (Wildman–Crippen MR) is 68.9 cm³/mol. The van der Waals surface area contributed by atoms with Gasteiger partial charge in [0.15, 0.2) is 0 Å². The van der Waals surface area contributed by atoms with Gasteiger partial charge in [0.05, 0.1) is 6.61 Å². The van der Waals surface area contributed by atoms with Gasteiger partial charge < -0.3 is 10.1 Å². The van der Waals surface area contributed by atoms with Crippen LogP contribution in [0.1, 0.15) is 39.0 Å². The van der Waals surface area contributed by atoms with Crippen LogP contribution in [0.5, 0.6) is 0 Å². The molecule has 1 saturated carbocycles. The smallest absolute Gasteiger partial charge is 0.0589 e. The molecule has 0 heterocycles. The standard InChI is InChI=1S/C13H28N2O/c1-3-4-5-8-14-9-10-15(11-12-16-2)13-6-7-13/h13-14H,3-12H2,1-2H3. The largest absolute Gasteiger partial charge is 0.383 e. The topological polar surface area (TPSA) is 24.5 Å². The van der Waals surface area contributed by atoms with E-state index in [9.17, 15) is 0 Å². The van der Waals surface area contributed by atoms with Gasteiger partial charge in [0.2, 0.25) is 0 Å². The van der Waals surface area contributed by atoms with E-state index in [0.717, 1.165) is 25.7 Å². The molecule has 0 spiro atoms. The van der Waals surface area contributed by atoms with Gasteiger partial charge in [-0.25, -0.2) is 0 Å². The summed E-state index contributed by atoms with van der Waals surface area (Å²) in [4.78, 5) is 2.57. The predicted octanol–water partition coefficient (Wildman–Crippen LogP) is 1.88. The lowest BCUT2D eigenvalue weighted by Gasteiger charge is -2.21. The number of methoxy groups -OCH3 is 1. The molecule has 1 N–H and O–H groups in total. The first kappa shape index (κ1) is 13.9. The minimum atomic E-state index is 0.854. The molecule has 96 valence electrons. The molecule has 0 radical (unpaired) electrons. The van der Waals surface area contributed by atoms with Crippen molar-refractivity contribution in [1.29, 1.82) is 0 Å². The molecule has 1 aliphatic rings. The van der Waals surface area contributed by atoms with Gasteiger partial charge in [-0.2, -0.15) is 0 Å². The van der Waals surface area contributed by atoms with Crippen LogP contribution in [0.2, 0.25) is 0 Å². The minimum Gasteiger partial charge on any atom is -0.383 e. The van der Waals surface area contributed by atoms with Gasteiger partial charge in [0.1, 0.15) is 0 Å². The molecule has 0 unspecified atom stereocenters. The summed E-state index contributed by atoms with van der Waals surface area (Å²) in [6, 6.07) is 0.854. The summed E-state index contributed by atoms with van der Waals surface area (Å²) in [5.41, 5.74) is 0. The number of hydrogen-bond acceptors (Lipinski definition) is 3. The second-order valence-corrected chi connectivity index (χ2v) is 4.72. The molecule has 1 aliphatic carbocycles. The number of rotatable bonds is 11. The van der Waals surface area contributed by atoms with Crippen LogP contribution in [-0.2, 0) is 4.74 Å². The molecule has 0 saturated heterocycles. The second kappa shape index (κ2) is 8.97. The van der Waals surface area contributed by atoms with Crippen LogP contribution in [0.25, 0.3) is 0 Å². The highest BCUT2D eigenvalue weighted by atomic mass is 16.5. The summed E-state index contributed by atoms with van der Waals surface area (Å²) in [5.74, 6) is 0. The van der Waals surface area contributed by atoms with Gasteiger partial charge in [0, 0.05) is 32.8 Å². The first-order chi connectivity index (χ1) is 7.88. The Morgan fingerprint density at radius 2 is 2.00 bits per heavy atom. The summed E-state index contributed by atoms with van der Waals surface area (Å²) in [7, 11) is 1.79. The summed E-state index contributed by atoms with van der Waals surface area (Å²) in [6.45, 7) is 7.70. The Hall–Kier alpha value is -0.120. The van der Waals surface area contributed by atoms with Gasteiger partial charge in [-0.05, 0) is 25.8 Å². The maximum absolute atomic E-state index is 5.15. The average Bonchev–Trinajstić information content (AvgIpc) is 3.11. The van der Waals surface area contributed by atoms with Crippen LogP contribution in [0, 0.1) is 0 Å². The molecule has 0 aromatic heterocycles. The van der Waals surface area contributed by atoms with Gasteiger partial charge in [-0.3, -0.25) is 4.90 Å². The summed E-state index contributed by atoms with van der Waals surface area (Å²) >= 11 is 0. The van der Waals surface area contributed by atoms with E-state index in [4.69, 9.17) is 4.74 Å². The molecule has 0 atom stereocenters. The van der Waals surface area contributed by atoms with Crippen molar-refractivity contribution in [2.75, 3.05) is 39.9 Å². The van der Waals surface area contributed by atoms with E-state index in [2.05, 4.69) is 17.1 Å². The fourth-order valence-electron chi connectivity index (χ4n) is 1.97. The van der Waals surface area contributed by atoms with Crippen LogP contribution in [-0.4, -0.2) is 50.8 Å². The van der Waals surface area contributed by atoms with E-state index >= 15 is 0 Å². The Kier molecular flexibility index (Phi) is 7.81. The maximum atomic E-state index is 5.15. The third-order valence-corrected chi connectivity index (χ3v) is 3.18. The van der Waals surface area contributed by atoms with Crippen molar-refractivity contribution in [3.63, 3.8) is 0 Å². The Labute approximate surface area is 101 Å². The lowest BCUT2D eigenvalue weighted by Crippen LogP contribution is -2.36. The SMILES string of the molecule is CCCCCNCCN(CCOC)C1CC1. The van der Waals surface area contributed by atoms with Crippen molar-refractivity contribution in [3.05, 3.63) is 0 Å². The Morgan fingerprint density at radius 1 is 1.19 bits per heavy atom. The first-order valence-corrected chi connectivity index (χ1v) is 6.82. The fourth-order valence-corrected chi connectivity index (χ4v) is 1.97. The van der Waals surface area contributed by atoms with E-state index < -0.39 is 0 Å². The number of ether oxygens (including phenoxy) is 1. The molecule has 0 bridgehead atoms. The maximum Gasteiger partial charge on any atom is 0.0589 e. The molecule has 0 aliphatic heterocycles. The van der Waals surface area contributed by atoms with E-state index in [1.165, 1.54) is 45.2 Å². The summed E-state index contributed by atoms with van der Waals surface area (Å²) < 4.78 is 5.15. The number of nitrogens with zero attached hydrogens (tertiary/aromatic N) is 1. The second-order valence-electron chi connectivity index (χ2n) is 4.72. The normalized spacial score (nSPS) is 15.9. The van der Waals surface area contributed by atoms with E-state index in [1.54, 1.807) is 7.11 Å². The van der Waals surface area contributed by atoms with Gasteiger partial charge >= 0.3 is 0 Å². The number of nitrogens with one attached hydrogen (secondary N) is 1. The van der Waals surface area contributed by atoms with Crippen molar-refractivity contribution in [3.8, 4) is 0 Å². The molecule has 3 heteroatoms. The van der Waals surface area contributed by atoms with Crippen molar-refractivity contribution in [2.45, 2.75) is 45.1 Å². The first-order valence-electron chi connectivity index (χ1n) is 6.82. The Morgan fingerprint density at radius 3 is 2.62 bits per heavy atom. The van der Waals surface area contributed by atoms with Crippen molar-refractivity contribution >= 4 is 0 Å². The zero-order valence-corrected chi connectivity index (χ0v) is 11.0. The van der Waals surface area contributed by atoms with Gasteiger partial charge in [-0.1, -0.05) is 19.8 Å². The third kappa shape index (κ3) is 6.46. The third-order valence-electron chi connectivity index (χ3n) is 3.18. The fraction of sp³-hybridized carbons (Fsp3) is 1.00. The zero-order chi connectivity index (χ0) is 11.6. The van der Waals surface area contributed by atoms with Crippen molar-refractivity contribution in [1.82, 2.24) is 10.2 Å². The van der Waals surface area contributed by atoms with Crippen molar-refractivity contribution < 1.29 is 4.74 Å². The van der Waals surface area contributed by atoms with Gasteiger partial charge in [0.25, 0.3) is 0 Å². The van der Waals surface area contributed by atoms with Crippen LogP contribution in [0.15, 0.2) is 0 Å². The van der Waals surface area contributed by atoms with Crippen LogP contribution in [0.4, 0.5) is 0 Å². The van der Waals surface area contributed by atoms with Crippen LogP contribution >= 0.6 is 0 Å². The highest BCUT2D eigenvalue weighted by molar-refractivity contribution is 4.84. The molecule has 1 fully saturated rings. The zero-order valence-electron chi connectivity index (χ0n) is 11.0. The summed E-state index contributed by atoms with van der Waals surface area (Å²) in [6.07, 6.45) is 6.75. The minimum absolute atomic E-state index is 0.854.